The first kappa shape index (κ1) is 11.1. The summed E-state index contributed by atoms with van der Waals surface area (Å²) in [7, 11) is 1.68. The number of rotatable bonds is 4. The van der Waals surface area contributed by atoms with Crippen LogP contribution in [0.2, 0.25) is 0 Å². The van der Waals surface area contributed by atoms with Crippen LogP contribution in [0.5, 0.6) is 5.75 Å². The van der Waals surface area contributed by atoms with Gasteiger partial charge < -0.3 is 4.74 Å². The molecule has 1 aromatic heterocycles. The second-order valence-electron chi connectivity index (χ2n) is 3.63. The summed E-state index contributed by atoms with van der Waals surface area (Å²) in [5, 5.41) is 3.21. The fourth-order valence-electron chi connectivity index (χ4n) is 1.57. The standard InChI is InChI=1S/C13H15NOS/c1-3-5-11-9-16-13(14-11)10-6-4-7-12(8-10)15-2/h4,6-9H,3,5H2,1-2H3. The number of hydrogen-bond donors (Lipinski definition) is 0. The molecule has 0 saturated carbocycles. The Balaban J connectivity index is 2.27. The fraction of sp³-hybridized carbons (Fsp3) is 0.308. The van der Waals surface area contributed by atoms with Gasteiger partial charge in [-0.05, 0) is 18.6 Å². The summed E-state index contributed by atoms with van der Waals surface area (Å²) >= 11 is 1.70. The van der Waals surface area contributed by atoms with Gasteiger partial charge >= 0.3 is 0 Å². The molecule has 0 amide bonds. The fourth-order valence-corrected chi connectivity index (χ4v) is 2.42. The van der Waals surface area contributed by atoms with Gasteiger partial charge in [-0.25, -0.2) is 4.98 Å². The van der Waals surface area contributed by atoms with Crippen molar-refractivity contribution in [3.63, 3.8) is 0 Å². The van der Waals surface area contributed by atoms with E-state index in [-0.39, 0.29) is 0 Å². The maximum atomic E-state index is 5.21. The van der Waals surface area contributed by atoms with Gasteiger partial charge in [0.05, 0.1) is 12.8 Å². The minimum atomic E-state index is 0.879. The quantitative estimate of drug-likeness (QED) is 0.802. The molecule has 1 heterocycles. The Morgan fingerprint density at radius 3 is 3.00 bits per heavy atom. The zero-order valence-electron chi connectivity index (χ0n) is 9.56. The van der Waals surface area contributed by atoms with E-state index in [0.29, 0.717) is 0 Å². The van der Waals surface area contributed by atoms with Crippen LogP contribution in [0.4, 0.5) is 0 Å². The number of methoxy groups -OCH3 is 1. The molecule has 0 unspecified atom stereocenters. The molecule has 0 aliphatic heterocycles. The van der Waals surface area contributed by atoms with Crippen molar-refractivity contribution in [1.29, 1.82) is 0 Å². The Hall–Kier alpha value is -1.35. The summed E-state index contributed by atoms with van der Waals surface area (Å²) < 4.78 is 5.21. The molecule has 0 atom stereocenters. The van der Waals surface area contributed by atoms with Crippen LogP contribution < -0.4 is 4.74 Å². The average Bonchev–Trinajstić information content (AvgIpc) is 2.78. The number of hydrogen-bond acceptors (Lipinski definition) is 3. The first-order valence-corrected chi connectivity index (χ1v) is 6.30. The van der Waals surface area contributed by atoms with Gasteiger partial charge in [-0.15, -0.1) is 11.3 Å². The van der Waals surface area contributed by atoms with Crippen LogP contribution in [0.25, 0.3) is 10.6 Å². The van der Waals surface area contributed by atoms with Gasteiger partial charge in [0.25, 0.3) is 0 Å². The summed E-state index contributed by atoms with van der Waals surface area (Å²) in [4.78, 5) is 4.61. The third-order valence-electron chi connectivity index (χ3n) is 2.37. The van der Waals surface area contributed by atoms with Crippen LogP contribution >= 0.6 is 11.3 Å². The molecule has 2 rings (SSSR count). The summed E-state index contributed by atoms with van der Waals surface area (Å²) in [5.74, 6) is 0.879. The summed E-state index contributed by atoms with van der Waals surface area (Å²) in [6.45, 7) is 2.17. The zero-order chi connectivity index (χ0) is 11.4. The summed E-state index contributed by atoms with van der Waals surface area (Å²) in [6.07, 6.45) is 2.20. The van der Waals surface area contributed by atoms with E-state index in [1.807, 2.05) is 18.2 Å². The lowest BCUT2D eigenvalue weighted by atomic mass is 10.2. The molecule has 0 fully saturated rings. The lowest BCUT2D eigenvalue weighted by Gasteiger charge is -2.01. The highest BCUT2D eigenvalue weighted by Gasteiger charge is 2.04. The van der Waals surface area contributed by atoms with E-state index in [0.717, 1.165) is 29.2 Å². The normalized spacial score (nSPS) is 10.4. The first-order valence-electron chi connectivity index (χ1n) is 5.42. The third kappa shape index (κ3) is 2.42. The van der Waals surface area contributed by atoms with Crippen LogP contribution in [0.3, 0.4) is 0 Å². The van der Waals surface area contributed by atoms with E-state index in [1.54, 1.807) is 18.4 Å². The molecule has 84 valence electrons. The Morgan fingerprint density at radius 1 is 1.38 bits per heavy atom. The molecular weight excluding hydrogens is 218 g/mol. The Bertz CT molecular complexity index is 464. The van der Waals surface area contributed by atoms with E-state index in [9.17, 15) is 0 Å². The molecule has 3 heteroatoms. The number of benzene rings is 1. The van der Waals surface area contributed by atoms with Crippen LogP contribution in [-0.2, 0) is 6.42 Å². The van der Waals surface area contributed by atoms with Crippen LogP contribution in [-0.4, -0.2) is 12.1 Å². The Morgan fingerprint density at radius 2 is 2.25 bits per heavy atom. The minimum absolute atomic E-state index is 0.879. The van der Waals surface area contributed by atoms with Crippen molar-refractivity contribution in [1.82, 2.24) is 4.98 Å². The largest absolute Gasteiger partial charge is 0.497 e. The van der Waals surface area contributed by atoms with Gasteiger partial charge in [0.2, 0.25) is 0 Å². The zero-order valence-corrected chi connectivity index (χ0v) is 10.4. The number of nitrogens with zero attached hydrogens (tertiary/aromatic N) is 1. The predicted molar refractivity (Wildman–Crippen MR) is 68.1 cm³/mol. The SMILES string of the molecule is CCCc1csc(-c2cccc(OC)c2)n1. The van der Waals surface area contributed by atoms with Gasteiger partial charge in [0.1, 0.15) is 10.8 Å². The van der Waals surface area contributed by atoms with Crippen molar-refractivity contribution in [2.24, 2.45) is 0 Å². The second-order valence-corrected chi connectivity index (χ2v) is 4.48. The number of ether oxygens (including phenoxy) is 1. The second kappa shape index (κ2) is 5.12. The molecule has 0 N–H and O–H groups in total. The molecule has 2 nitrogen and oxygen atoms in total. The molecule has 0 saturated heterocycles. The van der Waals surface area contributed by atoms with E-state index < -0.39 is 0 Å². The van der Waals surface area contributed by atoms with Gasteiger partial charge in [-0.2, -0.15) is 0 Å². The molecule has 2 aromatic rings. The van der Waals surface area contributed by atoms with Crippen molar-refractivity contribution in [3.8, 4) is 16.3 Å². The lowest BCUT2D eigenvalue weighted by molar-refractivity contribution is 0.415. The van der Waals surface area contributed by atoms with E-state index in [2.05, 4.69) is 23.4 Å². The third-order valence-corrected chi connectivity index (χ3v) is 3.31. The number of aromatic nitrogens is 1. The lowest BCUT2D eigenvalue weighted by Crippen LogP contribution is -1.85. The van der Waals surface area contributed by atoms with Crippen molar-refractivity contribution in [2.75, 3.05) is 7.11 Å². The molecule has 0 bridgehead atoms. The van der Waals surface area contributed by atoms with E-state index >= 15 is 0 Å². The van der Waals surface area contributed by atoms with Crippen molar-refractivity contribution >= 4 is 11.3 Å². The van der Waals surface area contributed by atoms with Gasteiger partial charge in [0, 0.05) is 10.9 Å². The Kier molecular flexibility index (Phi) is 3.57. The van der Waals surface area contributed by atoms with Gasteiger partial charge in [-0.1, -0.05) is 25.5 Å². The minimum Gasteiger partial charge on any atom is -0.497 e. The molecule has 1 aromatic carbocycles. The summed E-state index contributed by atoms with van der Waals surface area (Å²) in [5.41, 5.74) is 2.32. The highest BCUT2D eigenvalue weighted by atomic mass is 32.1. The van der Waals surface area contributed by atoms with Crippen molar-refractivity contribution in [2.45, 2.75) is 19.8 Å². The number of aryl methyl sites for hydroxylation is 1. The molecule has 16 heavy (non-hydrogen) atoms. The first-order chi connectivity index (χ1) is 7.83. The molecule has 0 aliphatic carbocycles. The van der Waals surface area contributed by atoms with Crippen LogP contribution in [0, 0.1) is 0 Å². The smallest absolute Gasteiger partial charge is 0.123 e. The van der Waals surface area contributed by atoms with Crippen LogP contribution in [0.15, 0.2) is 29.6 Å². The maximum absolute atomic E-state index is 5.21. The highest BCUT2D eigenvalue weighted by Crippen LogP contribution is 2.27. The Labute approximate surface area is 99.9 Å². The molecule has 0 aliphatic rings. The molecular formula is C13H15NOS. The average molecular weight is 233 g/mol. The van der Waals surface area contributed by atoms with Gasteiger partial charge in [-0.3, -0.25) is 0 Å². The number of thiazole rings is 1. The van der Waals surface area contributed by atoms with Crippen molar-refractivity contribution in [3.05, 3.63) is 35.3 Å². The van der Waals surface area contributed by atoms with E-state index in [4.69, 9.17) is 4.74 Å². The summed E-state index contributed by atoms with van der Waals surface area (Å²) in [6, 6.07) is 8.03. The molecule has 0 radical (unpaired) electrons. The van der Waals surface area contributed by atoms with Crippen molar-refractivity contribution < 1.29 is 4.74 Å². The highest BCUT2D eigenvalue weighted by molar-refractivity contribution is 7.13. The monoisotopic (exact) mass is 233 g/mol. The molecule has 0 spiro atoms. The predicted octanol–water partition coefficient (Wildman–Crippen LogP) is 3.77. The van der Waals surface area contributed by atoms with E-state index in [1.165, 1.54) is 5.69 Å². The van der Waals surface area contributed by atoms with Crippen LogP contribution in [0.1, 0.15) is 19.0 Å². The topological polar surface area (TPSA) is 22.1 Å². The maximum Gasteiger partial charge on any atom is 0.123 e. The van der Waals surface area contributed by atoms with Gasteiger partial charge in [0.15, 0.2) is 0 Å².